The smallest absolute Gasteiger partial charge is 0.138 e. The van der Waals surface area contributed by atoms with Crippen LogP contribution in [0.25, 0.3) is 0 Å². The number of nitrogens with two attached hydrogens (primary N) is 1. The van der Waals surface area contributed by atoms with Crippen LogP contribution in [0, 0.1) is 0 Å². The molecule has 1 aliphatic carbocycles. The van der Waals surface area contributed by atoms with Crippen LogP contribution in [0.2, 0.25) is 0 Å². The van der Waals surface area contributed by atoms with Gasteiger partial charge in [0.2, 0.25) is 0 Å². The van der Waals surface area contributed by atoms with E-state index in [0.29, 0.717) is 0 Å². The highest BCUT2D eigenvalue weighted by molar-refractivity contribution is 7.99. The van der Waals surface area contributed by atoms with Crippen molar-refractivity contribution in [1.82, 2.24) is 14.8 Å². The molecule has 1 aromatic rings. The Kier molecular flexibility index (Phi) is 4.86. The standard InChI is InChI=1S/C12H22N4S/c1-2-16-12(14-9-15-16)7-10(13)8-17-11-5-3-4-6-11/h9-11H,2-8,13H2,1H3. The van der Waals surface area contributed by atoms with Crippen LogP contribution in [0.3, 0.4) is 0 Å². The fourth-order valence-electron chi connectivity index (χ4n) is 2.32. The third-order valence-electron chi connectivity index (χ3n) is 3.29. The summed E-state index contributed by atoms with van der Waals surface area (Å²) < 4.78 is 1.93. The van der Waals surface area contributed by atoms with Gasteiger partial charge in [0.1, 0.15) is 12.2 Å². The molecule has 0 aliphatic heterocycles. The first kappa shape index (κ1) is 12.9. The lowest BCUT2D eigenvalue weighted by Gasteiger charge is -2.14. The Labute approximate surface area is 107 Å². The molecule has 0 radical (unpaired) electrons. The number of aromatic nitrogens is 3. The molecule has 1 fully saturated rings. The van der Waals surface area contributed by atoms with Crippen LogP contribution < -0.4 is 5.73 Å². The Morgan fingerprint density at radius 2 is 2.29 bits per heavy atom. The fraction of sp³-hybridized carbons (Fsp3) is 0.833. The van der Waals surface area contributed by atoms with Gasteiger partial charge >= 0.3 is 0 Å². The summed E-state index contributed by atoms with van der Waals surface area (Å²) in [6.45, 7) is 2.95. The Hall–Kier alpha value is -0.550. The van der Waals surface area contributed by atoms with Crippen molar-refractivity contribution in [3.8, 4) is 0 Å². The van der Waals surface area contributed by atoms with Crippen LogP contribution in [0.15, 0.2) is 6.33 Å². The predicted octanol–water partition coefficient (Wildman–Crippen LogP) is 1.84. The predicted molar refractivity (Wildman–Crippen MR) is 72.1 cm³/mol. The van der Waals surface area contributed by atoms with Gasteiger partial charge in [-0.3, -0.25) is 4.68 Å². The maximum Gasteiger partial charge on any atom is 0.138 e. The summed E-state index contributed by atoms with van der Waals surface area (Å²) in [6.07, 6.45) is 8.02. The van der Waals surface area contributed by atoms with E-state index in [1.165, 1.54) is 25.7 Å². The highest BCUT2D eigenvalue weighted by Gasteiger charge is 2.17. The number of thioether (sulfide) groups is 1. The van der Waals surface area contributed by atoms with Gasteiger partial charge in [-0.15, -0.1) is 0 Å². The molecule has 1 aromatic heterocycles. The summed E-state index contributed by atoms with van der Waals surface area (Å²) in [5.41, 5.74) is 6.16. The molecular formula is C12H22N4S. The molecule has 0 amide bonds. The first-order valence-electron chi connectivity index (χ1n) is 6.53. The molecular weight excluding hydrogens is 232 g/mol. The van der Waals surface area contributed by atoms with E-state index in [4.69, 9.17) is 5.73 Å². The number of nitrogens with zero attached hydrogens (tertiary/aromatic N) is 3. The second kappa shape index (κ2) is 6.40. The topological polar surface area (TPSA) is 56.7 Å². The Morgan fingerprint density at radius 3 is 3.00 bits per heavy atom. The molecule has 0 aromatic carbocycles. The number of hydrogen-bond donors (Lipinski definition) is 1. The van der Waals surface area contributed by atoms with E-state index in [2.05, 4.69) is 17.0 Å². The van der Waals surface area contributed by atoms with Crippen LogP contribution in [-0.2, 0) is 13.0 Å². The highest BCUT2D eigenvalue weighted by atomic mass is 32.2. The van der Waals surface area contributed by atoms with Gasteiger partial charge in [0, 0.05) is 30.0 Å². The zero-order valence-corrected chi connectivity index (χ0v) is 11.3. The average molecular weight is 254 g/mol. The SMILES string of the molecule is CCn1ncnc1CC(N)CSC1CCCC1. The molecule has 17 heavy (non-hydrogen) atoms. The van der Waals surface area contributed by atoms with Crippen molar-refractivity contribution in [1.29, 1.82) is 0 Å². The van der Waals surface area contributed by atoms with E-state index in [1.54, 1.807) is 6.33 Å². The minimum absolute atomic E-state index is 0.204. The molecule has 1 heterocycles. The molecule has 5 heteroatoms. The molecule has 1 unspecified atom stereocenters. The van der Waals surface area contributed by atoms with Crippen molar-refractivity contribution in [2.75, 3.05) is 5.75 Å². The van der Waals surface area contributed by atoms with Gasteiger partial charge in [-0.25, -0.2) is 4.98 Å². The summed E-state index contributed by atoms with van der Waals surface area (Å²) >= 11 is 2.04. The minimum atomic E-state index is 0.204. The quantitative estimate of drug-likeness (QED) is 0.841. The zero-order chi connectivity index (χ0) is 12.1. The number of hydrogen-bond acceptors (Lipinski definition) is 4. The highest BCUT2D eigenvalue weighted by Crippen LogP contribution is 2.29. The molecule has 1 saturated carbocycles. The van der Waals surface area contributed by atoms with Crippen molar-refractivity contribution in [3.63, 3.8) is 0 Å². The lowest BCUT2D eigenvalue weighted by atomic mass is 10.2. The van der Waals surface area contributed by atoms with Crippen LogP contribution in [0.4, 0.5) is 0 Å². The van der Waals surface area contributed by atoms with Gasteiger partial charge in [0.05, 0.1) is 0 Å². The van der Waals surface area contributed by atoms with Gasteiger partial charge in [-0.2, -0.15) is 16.9 Å². The molecule has 96 valence electrons. The van der Waals surface area contributed by atoms with Gasteiger partial charge in [0.15, 0.2) is 0 Å². The fourth-order valence-corrected chi connectivity index (χ4v) is 3.62. The summed E-state index contributed by atoms with van der Waals surface area (Å²) in [7, 11) is 0. The summed E-state index contributed by atoms with van der Waals surface area (Å²) in [4.78, 5) is 4.27. The maximum atomic E-state index is 6.16. The average Bonchev–Trinajstić information content (AvgIpc) is 2.97. The van der Waals surface area contributed by atoms with Gasteiger partial charge in [0.25, 0.3) is 0 Å². The molecule has 0 bridgehead atoms. The largest absolute Gasteiger partial charge is 0.327 e. The number of rotatable bonds is 6. The molecule has 2 rings (SSSR count). The second-order valence-corrected chi connectivity index (χ2v) is 6.03. The first-order chi connectivity index (χ1) is 8.29. The monoisotopic (exact) mass is 254 g/mol. The van der Waals surface area contributed by atoms with Crippen molar-refractivity contribution in [3.05, 3.63) is 12.2 Å². The van der Waals surface area contributed by atoms with Gasteiger partial charge in [-0.05, 0) is 19.8 Å². The van der Waals surface area contributed by atoms with Crippen LogP contribution in [-0.4, -0.2) is 31.8 Å². The van der Waals surface area contributed by atoms with E-state index < -0.39 is 0 Å². The van der Waals surface area contributed by atoms with Crippen molar-refractivity contribution < 1.29 is 0 Å². The lowest BCUT2D eigenvalue weighted by molar-refractivity contribution is 0.588. The van der Waals surface area contributed by atoms with E-state index in [0.717, 1.165) is 29.8 Å². The van der Waals surface area contributed by atoms with Crippen LogP contribution in [0.1, 0.15) is 38.4 Å². The third-order valence-corrected chi connectivity index (χ3v) is 4.85. The van der Waals surface area contributed by atoms with Crippen molar-refractivity contribution in [2.24, 2.45) is 5.73 Å². The van der Waals surface area contributed by atoms with Crippen molar-refractivity contribution >= 4 is 11.8 Å². The maximum absolute atomic E-state index is 6.16. The van der Waals surface area contributed by atoms with E-state index >= 15 is 0 Å². The third kappa shape index (κ3) is 3.71. The molecule has 4 nitrogen and oxygen atoms in total. The van der Waals surface area contributed by atoms with E-state index in [-0.39, 0.29) is 6.04 Å². The summed E-state index contributed by atoms with van der Waals surface area (Å²) in [6, 6.07) is 0.204. The summed E-state index contributed by atoms with van der Waals surface area (Å²) in [5.74, 6) is 2.06. The van der Waals surface area contributed by atoms with E-state index in [1.807, 2.05) is 16.4 Å². The van der Waals surface area contributed by atoms with Crippen molar-refractivity contribution in [2.45, 2.75) is 56.9 Å². The molecule has 0 spiro atoms. The van der Waals surface area contributed by atoms with Gasteiger partial charge in [-0.1, -0.05) is 12.8 Å². The first-order valence-corrected chi connectivity index (χ1v) is 7.58. The number of aryl methyl sites for hydroxylation is 1. The Balaban J connectivity index is 1.74. The Bertz CT molecular complexity index is 333. The zero-order valence-electron chi connectivity index (χ0n) is 10.5. The molecule has 0 saturated heterocycles. The lowest BCUT2D eigenvalue weighted by Crippen LogP contribution is -2.28. The Morgan fingerprint density at radius 1 is 1.53 bits per heavy atom. The summed E-state index contributed by atoms with van der Waals surface area (Å²) in [5, 5.41) is 5.02. The molecule has 1 atom stereocenters. The van der Waals surface area contributed by atoms with Gasteiger partial charge < -0.3 is 5.73 Å². The minimum Gasteiger partial charge on any atom is -0.327 e. The molecule has 1 aliphatic rings. The van der Waals surface area contributed by atoms with Crippen LogP contribution >= 0.6 is 11.8 Å². The van der Waals surface area contributed by atoms with E-state index in [9.17, 15) is 0 Å². The second-order valence-electron chi connectivity index (χ2n) is 4.70. The van der Waals surface area contributed by atoms with Crippen LogP contribution in [0.5, 0.6) is 0 Å². The molecule has 2 N–H and O–H groups in total. The normalized spacial score (nSPS) is 18.7.